The highest BCUT2D eigenvalue weighted by molar-refractivity contribution is 5.79. The van der Waals surface area contributed by atoms with Gasteiger partial charge in [0.1, 0.15) is 0 Å². The Labute approximate surface area is 149 Å². The molecular weight excluding hydrogens is 322 g/mol. The zero-order chi connectivity index (χ0) is 17.5. The standard InChI is InChI=1S/C17H29N5O3/c1-13-20-16(25-21-13)11-19-17(18-2)22-8-6-14(7-9-22)24-12-15-5-3-4-10-23-15/h14-15H,3-12H2,1-2H3,(H,18,19). The van der Waals surface area contributed by atoms with E-state index in [1.54, 1.807) is 7.05 Å². The molecule has 2 aliphatic rings. The number of rotatable bonds is 5. The zero-order valence-corrected chi connectivity index (χ0v) is 15.2. The first-order chi connectivity index (χ1) is 12.2. The van der Waals surface area contributed by atoms with Crippen molar-refractivity contribution in [2.24, 2.45) is 4.99 Å². The summed E-state index contributed by atoms with van der Waals surface area (Å²) in [6.07, 6.45) is 6.20. The third-order valence-electron chi connectivity index (χ3n) is 4.71. The number of aliphatic imine (C=N–C) groups is 1. The zero-order valence-electron chi connectivity index (χ0n) is 15.2. The number of hydrogen-bond donors (Lipinski definition) is 1. The SMILES string of the molecule is CN=C(NCc1nc(C)no1)N1CCC(OCC2CCCCO2)CC1. The maximum Gasteiger partial charge on any atom is 0.246 e. The van der Waals surface area contributed by atoms with Gasteiger partial charge < -0.3 is 24.2 Å². The first kappa shape index (κ1) is 18.1. The van der Waals surface area contributed by atoms with E-state index >= 15 is 0 Å². The Bertz CT molecular complexity index is 548. The van der Waals surface area contributed by atoms with E-state index in [-0.39, 0.29) is 0 Å². The number of ether oxygens (including phenoxy) is 2. The van der Waals surface area contributed by atoms with Crippen molar-refractivity contribution in [2.75, 3.05) is 33.4 Å². The average molecular weight is 351 g/mol. The molecule has 3 rings (SSSR count). The Morgan fingerprint density at radius 2 is 2.16 bits per heavy atom. The molecule has 0 radical (unpaired) electrons. The highest BCUT2D eigenvalue weighted by Crippen LogP contribution is 2.18. The minimum Gasteiger partial charge on any atom is -0.376 e. The molecule has 8 heteroatoms. The second-order valence-corrected chi connectivity index (χ2v) is 6.64. The van der Waals surface area contributed by atoms with E-state index in [0.29, 0.717) is 30.5 Å². The molecule has 2 fully saturated rings. The molecule has 0 saturated carbocycles. The maximum atomic E-state index is 6.07. The molecule has 140 valence electrons. The van der Waals surface area contributed by atoms with Gasteiger partial charge in [0, 0.05) is 26.7 Å². The summed E-state index contributed by atoms with van der Waals surface area (Å²) in [5.74, 6) is 2.08. The number of likely N-dealkylation sites (tertiary alicyclic amines) is 1. The molecule has 0 amide bonds. The summed E-state index contributed by atoms with van der Waals surface area (Å²) in [5.41, 5.74) is 0. The van der Waals surface area contributed by atoms with E-state index in [2.05, 4.69) is 25.3 Å². The summed E-state index contributed by atoms with van der Waals surface area (Å²) in [5, 5.41) is 7.08. The lowest BCUT2D eigenvalue weighted by molar-refractivity contribution is -0.0721. The summed E-state index contributed by atoms with van der Waals surface area (Å²) in [7, 11) is 1.80. The number of aromatic nitrogens is 2. The Kier molecular flexibility index (Phi) is 6.63. The molecular formula is C17H29N5O3. The van der Waals surface area contributed by atoms with Gasteiger partial charge in [0.25, 0.3) is 0 Å². The van der Waals surface area contributed by atoms with Crippen molar-refractivity contribution in [3.05, 3.63) is 11.7 Å². The minimum atomic E-state index is 0.291. The predicted octanol–water partition coefficient (Wildman–Crippen LogP) is 1.50. The van der Waals surface area contributed by atoms with Crippen LogP contribution >= 0.6 is 0 Å². The highest BCUT2D eigenvalue weighted by atomic mass is 16.5. The number of guanidine groups is 1. The monoisotopic (exact) mass is 351 g/mol. The van der Waals surface area contributed by atoms with Crippen molar-refractivity contribution in [3.63, 3.8) is 0 Å². The molecule has 1 N–H and O–H groups in total. The molecule has 1 unspecified atom stereocenters. The third kappa shape index (κ3) is 5.40. The molecule has 0 aliphatic carbocycles. The van der Waals surface area contributed by atoms with E-state index in [0.717, 1.165) is 51.5 Å². The van der Waals surface area contributed by atoms with Crippen molar-refractivity contribution in [2.45, 2.75) is 57.8 Å². The molecule has 2 saturated heterocycles. The molecule has 1 atom stereocenters. The quantitative estimate of drug-likeness (QED) is 0.635. The largest absolute Gasteiger partial charge is 0.376 e. The van der Waals surface area contributed by atoms with Crippen molar-refractivity contribution in [1.82, 2.24) is 20.4 Å². The van der Waals surface area contributed by atoms with Crippen LogP contribution in [0.25, 0.3) is 0 Å². The minimum absolute atomic E-state index is 0.291. The van der Waals surface area contributed by atoms with Crippen LogP contribution in [0.5, 0.6) is 0 Å². The van der Waals surface area contributed by atoms with Gasteiger partial charge in [0.15, 0.2) is 11.8 Å². The van der Waals surface area contributed by atoms with Gasteiger partial charge in [0.2, 0.25) is 5.89 Å². The Hall–Kier alpha value is -1.67. The fourth-order valence-corrected chi connectivity index (χ4v) is 3.32. The highest BCUT2D eigenvalue weighted by Gasteiger charge is 2.24. The summed E-state index contributed by atoms with van der Waals surface area (Å²) >= 11 is 0. The average Bonchev–Trinajstić information content (AvgIpc) is 3.07. The smallest absolute Gasteiger partial charge is 0.246 e. The third-order valence-corrected chi connectivity index (χ3v) is 4.71. The maximum absolute atomic E-state index is 6.07. The lowest BCUT2D eigenvalue weighted by atomic mass is 10.1. The second kappa shape index (κ2) is 9.15. The van der Waals surface area contributed by atoms with Crippen LogP contribution in [0.1, 0.15) is 43.8 Å². The summed E-state index contributed by atoms with van der Waals surface area (Å²) in [6.45, 7) is 5.77. The molecule has 2 aliphatic heterocycles. The Balaban J connectivity index is 1.37. The van der Waals surface area contributed by atoms with Crippen LogP contribution in [0.4, 0.5) is 0 Å². The van der Waals surface area contributed by atoms with Gasteiger partial charge in [0.05, 0.1) is 25.4 Å². The lowest BCUT2D eigenvalue weighted by Gasteiger charge is -2.34. The predicted molar refractivity (Wildman–Crippen MR) is 93.4 cm³/mol. The van der Waals surface area contributed by atoms with Crippen LogP contribution in [-0.2, 0) is 16.0 Å². The van der Waals surface area contributed by atoms with Gasteiger partial charge in [-0.15, -0.1) is 0 Å². The van der Waals surface area contributed by atoms with Crippen LogP contribution in [0.15, 0.2) is 9.52 Å². The first-order valence-electron chi connectivity index (χ1n) is 9.22. The summed E-state index contributed by atoms with van der Waals surface area (Å²) in [4.78, 5) is 10.8. The van der Waals surface area contributed by atoms with Crippen molar-refractivity contribution in [1.29, 1.82) is 0 Å². The number of nitrogens with zero attached hydrogens (tertiary/aromatic N) is 4. The number of nitrogens with one attached hydrogen (secondary N) is 1. The fraction of sp³-hybridized carbons (Fsp3) is 0.824. The molecule has 0 aromatic carbocycles. The number of hydrogen-bond acceptors (Lipinski definition) is 6. The molecule has 1 aromatic rings. The van der Waals surface area contributed by atoms with Gasteiger partial charge in [-0.3, -0.25) is 4.99 Å². The van der Waals surface area contributed by atoms with Gasteiger partial charge in [-0.05, 0) is 39.0 Å². The number of aryl methyl sites for hydroxylation is 1. The molecule has 1 aromatic heterocycles. The summed E-state index contributed by atoms with van der Waals surface area (Å²) < 4.78 is 16.9. The second-order valence-electron chi connectivity index (χ2n) is 6.64. The number of piperidine rings is 1. The molecule has 8 nitrogen and oxygen atoms in total. The van der Waals surface area contributed by atoms with E-state index in [1.807, 2.05) is 6.92 Å². The van der Waals surface area contributed by atoms with Crippen molar-refractivity contribution < 1.29 is 14.0 Å². The van der Waals surface area contributed by atoms with Crippen LogP contribution in [-0.4, -0.2) is 66.6 Å². The topological polar surface area (TPSA) is 85.0 Å². The Morgan fingerprint density at radius 3 is 2.80 bits per heavy atom. The molecule has 0 spiro atoms. The van der Waals surface area contributed by atoms with Crippen LogP contribution in [0.2, 0.25) is 0 Å². The lowest BCUT2D eigenvalue weighted by Crippen LogP contribution is -2.47. The van der Waals surface area contributed by atoms with E-state index in [4.69, 9.17) is 14.0 Å². The van der Waals surface area contributed by atoms with Gasteiger partial charge in [-0.1, -0.05) is 5.16 Å². The van der Waals surface area contributed by atoms with Crippen molar-refractivity contribution >= 4 is 5.96 Å². The summed E-state index contributed by atoms with van der Waals surface area (Å²) in [6, 6.07) is 0. The normalized spacial score (nSPS) is 23.0. The van der Waals surface area contributed by atoms with Crippen LogP contribution < -0.4 is 5.32 Å². The van der Waals surface area contributed by atoms with Crippen LogP contribution in [0.3, 0.4) is 0 Å². The first-order valence-corrected chi connectivity index (χ1v) is 9.22. The van der Waals surface area contributed by atoms with E-state index < -0.39 is 0 Å². The van der Waals surface area contributed by atoms with E-state index in [1.165, 1.54) is 12.8 Å². The van der Waals surface area contributed by atoms with Crippen LogP contribution in [0, 0.1) is 6.92 Å². The molecule has 3 heterocycles. The molecule has 0 bridgehead atoms. The van der Waals surface area contributed by atoms with Crippen molar-refractivity contribution in [3.8, 4) is 0 Å². The van der Waals surface area contributed by atoms with E-state index in [9.17, 15) is 0 Å². The molecule has 25 heavy (non-hydrogen) atoms. The van der Waals surface area contributed by atoms with Gasteiger partial charge >= 0.3 is 0 Å². The van der Waals surface area contributed by atoms with Gasteiger partial charge in [-0.25, -0.2) is 0 Å². The Morgan fingerprint density at radius 1 is 1.32 bits per heavy atom. The van der Waals surface area contributed by atoms with Gasteiger partial charge in [-0.2, -0.15) is 4.98 Å². The fourth-order valence-electron chi connectivity index (χ4n) is 3.32.